The van der Waals surface area contributed by atoms with Gasteiger partial charge in [-0.05, 0) is 24.0 Å². The second kappa shape index (κ2) is 8.13. The number of halogens is 2. The lowest BCUT2D eigenvalue weighted by Gasteiger charge is -2.17. The SMILES string of the molecule is CCc1cccc(C(CCOCC(F)F)NN)c1. The van der Waals surface area contributed by atoms with Gasteiger partial charge in [-0.1, -0.05) is 31.2 Å². The molecular formula is C13H20F2N2O. The van der Waals surface area contributed by atoms with Crippen LogP contribution in [0.5, 0.6) is 0 Å². The Bertz CT molecular complexity index is 348. The van der Waals surface area contributed by atoms with Crippen molar-refractivity contribution in [3.05, 3.63) is 35.4 Å². The van der Waals surface area contributed by atoms with Gasteiger partial charge in [0.05, 0.1) is 0 Å². The normalized spacial score (nSPS) is 12.9. The predicted octanol–water partition coefficient (Wildman–Crippen LogP) is 2.43. The van der Waals surface area contributed by atoms with Crippen LogP contribution < -0.4 is 11.3 Å². The Morgan fingerprint density at radius 3 is 2.78 bits per heavy atom. The number of hydrazine groups is 1. The maximum absolute atomic E-state index is 11.9. The molecule has 18 heavy (non-hydrogen) atoms. The summed E-state index contributed by atoms with van der Waals surface area (Å²) >= 11 is 0. The molecule has 0 saturated carbocycles. The standard InChI is InChI=1S/C13H20F2N2O/c1-2-10-4-3-5-11(8-10)12(17-16)6-7-18-9-13(14)15/h3-5,8,12-13,17H,2,6-7,9,16H2,1H3. The first kappa shape index (κ1) is 15.0. The Kier molecular flexibility index (Phi) is 6.78. The maximum Gasteiger partial charge on any atom is 0.261 e. The maximum atomic E-state index is 11.9. The Morgan fingerprint density at radius 2 is 2.17 bits per heavy atom. The molecule has 3 N–H and O–H groups in total. The van der Waals surface area contributed by atoms with Gasteiger partial charge in [0.2, 0.25) is 0 Å². The van der Waals surface area contributed by atoms with Crippen molar-refractivity contribution in [2.75, 3.05) is 13.2 Å². The molecule has 0 saturated heterocycles. The second-order valence-electron chi connectivity index (χ2n) is 4.07. The smallest absolute Gasteiger partial charge is 0.261 e. The van der Waals surface area contributed by atoms with E-state index < -0.39 is 13.0 Å². The molecule has 1 atom stereocenters. The van der Waals surface area contributed by atoms with Gasteiger partial charge in [-0.25, -0.2) is 8.78 Å². The molecule has 1 unspecified atom stereocenters. The van der Waals surface area contributed by atoms with E-state index in [0.29, 0.717) is 6.42 Å². The van der Waals surface area contributed by atoms with Crippen LogP contribution in [-0.4, -0.2) is 19.6 Å². The highest BCUT2D eigenvalue weighted by Gasteiger charge is 2.10. The summed E-state index contributed by atoms with van der Waals surface area (Å²) in [5, 5.41) is 0. The molecule has 1 aromatic rings. The molecule has 0 heterocycles. The summed E-state index contributed by atoms with van der Waals surface area (Å²) in [6, 6.07) is 7.98. The van der Waals surface area contributed by atoms with E-state index >= 15 is 0 Å². The van der Waals surface area contributed by atoms with Crippen LogP contribution in [0.4, 0.5) is 8.78 Å². The monoisotopic (exact) mass is 258 g/mol. The number of nitrogens with two attached hydrogens (primary N) is 1. The first-order valence-corrected chi connectivity index (χ1v) is 6.08. The molecular weight excluding hydrogens is 238 g/mol. The van der Waals surface area contributed by atoms with E-state index in [9.17, 15) is 8.78 Å². The van der Waals surface area contributed by atoms with Gasteiger partial charge in [-0.2, -0.15) is 0 Å². The fourth-order valence-corrected chi connectivity index (χ4v) is 1.75. The van der Waals surface area contributed by atoms with Crippen molar-refractivity contribution in [2.24, 2.45) is 5.84 Å². The fraction of sp³-hybridized carbons (Fsp3) is 0.538. The van der Waals surface area contributed by atoms with Crippen LogP contribution in [0.1, 0.15) is 30.5 Å². The summed E-state index contributed by atoms with van der Waals surface area (Å²) in [7, 11) is 0. The van der Waals surface area contributed by atoms with Crippen LogP contribution in [0.15, 0.2) is 24.3 Å². The van der Waals surface area contributed by atoms with Gasteiger partial charge in [-0.15, -0.1) is 0 Å². The number of aryl methyl sites for hydroxylation is 1. The number of alkyl halides is 2. The predicted molar refractivity (Wildman–Crippen MR) is 67.3 cm³/mol. The van der Waals surface area contributed by atoms with E-state index in [2.05, 4.69) is 18.4 Å². The first-order chi connectivity index (χ1) is 8.67. The Morgan fingerprint density at radius 1 is 1.39 bits per heavy atom. The van der Waals surface area contributed by atoms with Crippen molar-refractivity contribution in [3.8, 4) is 0 Å². The zero-order chi connectivity index (χ0) is 13.4. The molecule has 0 aromatic heterocycles. The average Bonchev–Trinajstić information content (AvgIpc) is 2.38. The van der Waals surface area contributed by atoms with Gasteiger partial charge in [-0.3, -0.25) is 11.3 Å². The van der Waals surface area contributed by atoms with Crippen LogP contribution in [0.3, 0.4) is 0 Å². The molecule has 0 radical (unpaired) electrons. The molecule has 0 aliphatic carbocycles. The number of hydrogen-bond acceptors (Lipinski definition) is 3. The van der Waals surface area contributed by atoms with Gasteiger partial charge in [0.1, 0.15) is 6.61 Å². The molecule has 5 heteroatoms. The molecule has 1 aromatic carbocycles. The van der Waals surface area contributed by atoms with Crippen molar-refractivity contribution < 1.29 is 13.5 Å². The lowest BCUT2D eigenvalue weighted by Crippen LogP contribution is -2.29. The van der Waals surface area contributed by atoms with Crippen LogP contribution in [-0.2, 0) is 11.2 Å². The van der Waals surface area contributed by atoms with E-state index in [1.807, 2.05) is 18.2 Å². The van der Waals surface area contributed by atoms with E-state index in [-0.39, 0.29) is 12.6 Å². The lowest BCUT2D eigenvalue weighted by molar-refractivity contribution is 0.0143. The minimum atomic E-state index is -2.42. The van der Waals surface area contributed by atoms with E-state index in [0.717, 1.165) is 12.0 Å². The molecule has 0 bridgehead atoms. The molecule has 0 spiro atoms. The van der Waals surface area contributed by atoms with Crippen molar-refractivity contribution in [1.82, 2.24) is 5.43 Å². The number of ether oxygens (including phenoxy) is 1. The fourth-order valence-electron chi connectivity index (χ4n) is 1.75. The Labute approximate surface area is 106 Å². The number of nitrogens with one attached hydrogen (secondary N) is 1. The van der Waals surface area contributed by atoms with Crippen molar-refractivity contribution in [2.45, 2.75) is 32.2 Å². The highest BCUT2D eigenvalue weighted by molar-refractivity contribution is 5.25. The summed E-state index contributed by atoms with van der Waals surface area (Å²) in [5.74, 6) is 5.48. The minimum absolute atomic E-state index is 0.0748. The topological polar surface area (TPSA) is 47.3 Å². The van der Waals surface area contributed by atoms with Crippen LogP contribution in [0, 0.1) is 0 Å². The molecule has 0 aliphatic heterocycles. The first-order valence-electron chi connectivity index (χ1n) is 6.08. The van der Waals surface area contributed by atoms with Crippen LogP contribution in [0.2, 0.25) is 0 Å². The van der Waals surface area contributed by atoms with Gasteiger partial charge in [0.25, 0.3) is 6.43 Å². The Hall–Kier alpha value is -1.04. The summed E-state index contributed by atoms with van der Waals surface area (Å²) < 4.78 is 28.7. The third kappa shape index (κ3) is 5.08. The van der Waals surface area contributed by atoms with Crippen LogP contribution >= 0.6 is 0 Å². The van der Waals surface area contributed by atoms with E-state index in [1.54, 1.807) is 0 Å². The molecule has 0 fully saturated rings. The molecule has 0 amide bonds. The van der Waals surface area contributed by atoms with Gasteiger partial charge in [0, 0.05) is 12.6 Å². The largest absolute Gasteiger partial charge is 0.375 e. The highest BCUT2D eigenvalue weighted by atomic mass is 19.3. The van der Waals surface area contributed by atoms with Crippen molar-refractivity contribution in [1.29, 1.82) is 0 Å². The van der Waals surface area contributed by atoms with Gasteiger partial charge in [0.15, 0.2) is 0 Å². The zero-order valence-corrected chi connectivity index (χ0v) is 10.5. The summed E-state index contributed by atoms with van der Waals surface area (Å²) in [6.45, 7) is 1.82. The third-order valence-electron chi connectivity index (χ3n) is 2.76. The number of hydrogen-bond donors (Lipinski definition) is 2. The van der Waals surface area contributed by atoms with Gasteiger partial charge < -0.3 is 4.74 Å². The number of benzene rings is 1. The second-order valence-corrected chi connectivity index (χ2v) is 4.07. The van der Waals surface area contributed by atoms with Crippen molar-refractivity contribution in [3.63, 3.8) is 0 Å². The summed E-state index contributed by atoms with van der Waals surface area (Å²) in [4.78, 5) is 0. The number of rotatable bonds is 8. The minimum Gasteiger partial charge on any atom is -0.375 e. The molecule has 3 nitrogen and oxygen atoms in total. The van der Waals surface area contributed by atoms with Crippen molar-refractivity contribution >= 4 is 0 Å². The van der Waals surface area contributed by atoms with Crippen LogP contribution in [0.25, 0.3) is 0 Å². The highest BCUT2D eigenvalue weighted by Crippen LogP contribution is 2.17. The molecule has 0 aliphatic rings. The third-order valence-corrected chi connectivity index (χ3v) is 2.76. The van der Waals surface area contributed by atoms with Gasteiger partial charge >= 0.3 is 0 Å². The summed E-state index contributed by atoms with van der Waals surface area (Å²) in [5.41, 5.74) is 4.97. The summed E-state index contributed by atoms with van der Waals surface area (Å²) in [6.07, 6.45) is -0.902. The quantitative estimate of drug-likeness (QED) is 0.428. The van der Waals surface area contributed by atoms with E-state index in [4.69, 9.17) is 10.6 Å². The molecule has 1 rings (SSSR count). The zero-order valence-electron chi connectivity index (χ0n) is 10.5. The lowest BCUT2D eigenvalue weighted by atomic mass is 10.0. The average molecular weight is 258 g/mol. The van der Waals surface area contributed by atoms with E-state index in [1.165, 1.54) is 5.56 Å². The Balaban J connectivity index is 2.49. The molecule has 102 valence electrons.